The Morgan fingerprint density at radius 1 is 1.31 bits per heavy atom. The van der Waals surface area contributed by atoms with E-state index in [0.717, 1.165) is 6.42 Å². The monoisotopic (exact) mass is 191 g/mol. The quantitative estimate of drug-likeness (QED) is 0.721. The van der Waals surface area contributed by atoms with Crippen LogP contribution >= 0.6 is 11.9 Å². The maximum Gasteiger partial charge on any atom is 0.0799 e. The summed E-state index contributed by atoms with van der Waals surface area (Å²) in [6.07, 6.45) is 5.39. The van der Waals surface area contributed by atoms with Crippen LogP contribution < -0.4 is 4.72 Å². The van der Waals surface area contributed by atoms with Crippen molar-refractivity contribution in [2.24, 2.45) is 0 Å². The fourth-order valence-electron chi connectivity index (χ4n) is 1.61. The van der Waals surface area contributed by atoms with Gasteiger partial charge in [-0.2, -0.15) is 0 Å². The highest BCUT2D eigenvalue weighted by Gasteiger charge is 2.30. The van der Waals surface area contributed by atoms with Crippen LogP contribution in [0, 0.1) is 0 Å². The van der Waals surface area contributed by atoms with Gasteiger partial charge in [-0.25, -0.2) is 0 Å². The largest absolute Gasteiger partial charge is 0.336 e. The second-order valence-corrected chi connectivity index (χ2v) is 4.33. The zero-order chi connectivity index (χ0) is 9.15. The van der Waals surface area contributed by atoms with E-state index in [1.165, 1.54) is 5.56 Å². The standard InChI is InChI=1S/C11H13NS/c1-2-11(8-9-12-13-11)10-6-4-3-5-7-10/h3-9,12H,2H2,1H3. The lowest BCUT2D eigenvalue weighted by atomic mass is 9.95. The van der Waals surface area contributed by atoms with Crippen LogP contribution in [0.3, 0.4) is 0 Å². The van der Waals surface area contributed by atoms with Crippen molar-refractivity contribution >= 4 is 11.9 Å². The third-order valence-electron chi connectivity index (χ3n) is 2.45. The van der Waals surface area contributed by atoms with Crippen molar-refractivity contribution in [2.75, 3.05) is 0 Å². The Bertz CT molecular complexity index is 307. The second kappa shape index (κ2) is 3.46. The van der Waals surface area contributed by atoms with Crippen molar-refractivity contribution in [1.82, 2.24) is 4.72 Å². The number of nitrogens with one attached hydrogen (secondary N) is 1. The molecule has 2 rings (SSSR count). The summed E-state index contributed by atoms with van der Waals surface area (Å²) in [6.45, 7) is 2.22. The zero-order valence-corrected chi connectivity index (χ0v) is 8.47. The van der Waals surface area contributed by atoms with Gasteiger partial charge in [-0.05, 0) is 30.0 Å². The third kappa shape index (κ3) is 1.46. The summed E-state index contributed by atoms with van der Waals surface area (Å²) < 4.78 is 3.35. The van der Waals surface area contributed by atoms with E-state index in [1.807, 2.05) is 6.20 Å². The number of hydrogen-bond donors (Lipinski definition) is 1. The summed E-state index contributed by atoms with van der Waals surface area (Å²) in [7, 11) is 0. The fourth-order valence-corrected chi connectivity index (χ4v) is 2.49. The maximum absolute atomic E-state index is 3.20. The van der Waals surface area contributed by atoms with Gasteiger partial charge in [0.25, 0.3) is 0 Å². The molecule has 1 heterocycles. The van der Waals surface area contributed by atoms with Crippen LogP contribution in [0.5, 0.6) is 0 Å². The summed E-state index contributed by atoms with van der Waals surface area (Å²) in [6, 6.07) is 10.6. The minimum Gasteiger partial charge on any atom is -0.336 e. The van der Waals surface area contributed by atoms with Gasteiger partial charge in [-0.3, -0.25) is 0 Å². The van der Waals surface area contributed by atoms with E-state index in [-0.39, 0.29) is 4.75 Å². The van der Waals surface area contributed by atoms with Gasteiger partial charge in [0, 0.05) is 6.20 Å². The molecule has 1 aliphatic heterocycles. The Kier molecular flexibility index (Phi) is 2.32. The van der Waals surface area contributed by atoms with Crippen LogP contribution in [-0.2, 0) is 4.75 Å². The van der Waals surface area contributed by atoms with Crippen LogP contribution in [-0.4, -0.2) is 0 Å². The third-order valence-corrected chi connectivity index (χ3v) is 3.73. The van der Waals surface area contributed by atoms with Crippen molar-refractivity contribution in [3.63, 3.8) is 0 Å². The lowest BCUT2D eigenvalue weighted by Crippen LogP contribution is -2.16. The molecule has 0 aliphatic carbocycles. The Morgan fingerprint density at radius 2 is 2.08 bits per heavy atom. The van der Waals surface area contributed by atoms with Crippen LogP contribution in [0.1, 0.15) is 18.9 Å². The molecule has 13 heavy (non-hydrogen) atoms. The van der Waals surface area contributed by atoms with Crippen molar-refractivity contribution in [2.45, 2.75) is 18.1 Å². The van der Waals surface area contributed by atoms with Crippen molar-refractivity contribution in [1.29, 1.82) is 0 Å². The first-order valence-electron chi connectivity index (χ1n) is 4.54. The molecule has 0 saturated heterocycles. The molecular weight excluding hydrogens is 178 g/mol. The molecule has 1 atom stereocenters. The molecule has 1 unspecified atom stereocenters. The highest BCUT2D eigenvalue weighted by Crippen LogP contribution is 2.42. The molecule has 1 nitrogen and oxygen atoms in total. The SMILES string of the molecule is CCC1(c2ccccc2)C=CNS1. The summed E-state index contributed by atoms with van der Waals surface area (Å²) in [4.78, 5) is 0. The van der Waals surface area contributed by atoms with Gasteiger partial charge in [0.1, 0.15) is 0 Å². The predicted octanol–water partition coefficient (Wildman–Crippen LogP) is 3.06. The van der Waals surface area contributed by atoms with Gasteiger partial charge in [0.05, 0.1) is 4.75 Å². The van der Waals surface area contributed by atoms with Crippen molar-refractivity contribution in [3.8, 4) is 0 Å². The number of benzene rings is 1. The molecule has 0 aromatic heterocycles. The Labute approximate surface area is 83.4 Å². The molecule has 0 amide bonds. The first-order chi connectivity index (χ1) is 6.37. The highest BCUT2D eigenvalue weighted by molar-refractivity contribution is 7.98. The molecule has 1 aromatic rings. The lowest BCUT2D eigenvalue weighted by molar-refractivity contribution is 0.745. The molecule has 0 spiro atoms. The molecular formula is C11H13NS. The van der Waals surface area contributed by atoms with E-state index in [0.29, 0.717) is 0 Å². The van der Waals surface area contributed by atoms with Crippen LogP contribution in [0.2, 0.25) is 0 Å². The van der Waals surface area contributed by atoms with E-state index in [1.54, 1.807) is 11.9 Å². The fraction of sp³-hybridized carbons (Fsp3) is 0.273. The van der Waals surface area contributed by atoms with Gasteiger partial charge in [0.15, 0.2) is 0 Å². The van der Waals surface area contributed by atoms with Gasteiger partial charge >= 0.3 is 0 Å². The van der Waals surface area contributed by atoms with Gasteiger partial charge in [-0.1, -0.05) is 37.3 Å². The highest BCUT2D eigenvalue weighted by atomic mass is 32.2. The second-order valence-electron chi connectivity index (χ2n) is 3.16. The molecule has 0 fully saturated rings. The predicted molar refractivity (Wildman–Crippen MR) is 58.3 cm³/mol. The molecule has 2 heteroatoms. The Balaban J connectivity index is 2.37. The van der Waals surface area contributed by atoms with Crippen LogP contribution in [0.25, 0.3) is 0 Å². The van der Waals surface area contributed by atoms with E-state index in [2.05, 4.69) is 48.1 Å². The van der Waals surface area contributed by atoms with Crippen molar-refractivity contribution in [3.05, 3.63) is 48.2 Å². The maximum atomic E-state index is 3.20. The summed E-state index contributed by atoms with van der Waals surface area (Å²) >= 11 is 1.78. The minimum atomic E-state index is 0.154. The summed E-state index contributed by atoms with van der Waals surface area (Å²) in [5.41, 5.74) is 1.38. The van der Waals surface area contributed by atoms with Gasteiger partial charge in [0.2, 0.25) is 0 Å². The molecule has 0 bridgehead atoms. The smallest absolute Gasteiger partial charge is 0.0799 e. The van der Waals surface area contributed by atoms with Crippen LogP contribution in [0.4, 0.5) is 0 Å². The minimum absolute atomic E-state index is 0.154. The zero-order valence-electron chi connectivity index (χ0n) is 7.66. The summed E-state index contributed by atoms with van der Waals surface area (Å²) in [5.74, 6) is 0. The lowest BCUT2D eigenvalue weighted by Gasteiger charge is -2.24. The van der Waals surface area contributed by atoms with Gasteiger partial charge < -0.3 is 4.72 Å². The summed E-state index contributed by atoms with van der Waals surface area (Å²) in [5, 5.41) is 0. The first-order valence-corrected chi connectivity index (χ1v) is 5.36. The average molecular weight is 191 g/mol. The Hall–Kier alpha value is -0.890. The number of rotatable bonds is 2. The number of hydrogen-bond acceptors (Lipinski definition) is 2. The molecule has 1 aromatic carbocycles. The van der Waals surface area contributed by atoms with Gasteiger partial charge in [-0.15, -0.1) is 0 Å². The Morgan fingerprint density at radius 3 is 2.62 bits per heavy atom. The molecule has 1 aliphatic rings. The van der Waals surface area contributed by atoms with E-state index < -0.39 is 0 Å². The van der Waals surface area contributed by atoms with Crippen molar-refractivity contribution < 1.29 is 0 Å². The van der Waals surface area contributed by atoms with E-state index in [4.69, 9.17) is 0 Å². The van der Waals surface area contributed by atoms with E-state index >= 15 is 0 Å². The molecule has 1 N–H and O–H groups in total. The molecule has 0 saturated carbocycles. The average Bonchev–Trinajstić information content (AvgIpc) is 2.69. The first kappa shape index (κ1) is 8.70. The normalized spacial score (nSPS) is 25.9. The topological polar surface area (TPSA) is 12.0 Å². The molecule has 0 radical (unpaired) electrons. The van der Waals surface area contributed by atoms with Crippen LogP contribution in [0.15, 0.2) is 42.6 Å². The molecule has 68 valence electrons. The van der Waals surface area contributed by atoms with E-state index in [9.17, 15) is 0 Å².